The van der Waals surface area contributed by atoms with E-state index < -0.39 is 0 Å². The van der Waals surface area contributed by atoms with Crippen LogP contribution in [0.4, 0.5) is 0 Å². The summed E-state index contributed by atoms with van der Waals surface area (Å²) in [6.07, 6.45) is 14.8. The predicted octanol–water partition coefficient (Wildman–Crippen LogP) is 7.60. The average molecular weight is 333 g/mol. The molecule has 0 bridgehead atoms. The zero-order valence-corrected chi connectivity index (χ0v) is 17.2. The first-order chi connectivity index (χ1) is 11.4. The third kappa shape index (κ3) is 13.1. The molecule has 0 aromatic rings. The Bertz CT molecular complexity index is 429. The lowest BCUT2D eigenvalue weighted by molar-refractivity contribution is -0.116. The number of rotatable bonds is 10. The molecule has 24 heavy (non-hydrogen) atoms. The molecule has 0 saturated heterocycles. The van der Waals surface area contributed by atoms with Gasteiger partial charge in [0.2, 0.25) is 0 Å². The lowest BCUT2D eigenvalue weighted by Crippen LogP contribution is -1.96. The van der Waals surface area contributed by atoms with Crippen LogP contribution in [0, 0.1) is 5.92 Å². The minimum absolute atomic E-state index is 0.226. The van der Waals surface area contributed by atoms with Gasteiger partial charge in [0.1, 0.15) is 5.78 Å². The Morgan fingerprint density at radius 3 is 1.88 bits per heavy atom. The summed E-state index contributed by atoms with van der Waals surface area (Å²) in [5, 5.41) is 0. The third-order valence-electron chi connectivity index (χ3n) is 4.12. The average Bonchev–Trinajstić information content (AvgIpc) is 2.54. The van der Waals surface area contributed by atoms with Gasteiger partial charge in [0.15, 0.2) is 0 Å². The van der Waals surface area contributed by atoms with E-state index in [-0.39, 0.29) is 5.78 Å². The van der Waals surface area contributed by atoms with E-state index >= 15 is 0 Å². The fourth-order valence-electron chi connectivity index (χ4n) is 2.71. The van der Waals surface area contributed by atoms with E-state index in [1.165, 1.54) is 42.4 Å². The smallest absolute Gasteiger partial charge is 0.130 e. The normalized spacial score (nSPS) is 12.8. The summed E-state index contributed by atoms with van der Waals surface area (Å²) in [4.78, 5) is 11.0. The van der Waals surface area contributed by atoms with Gasteiger partial charge in [-0.1, -0.05) is 77.3 Å². The summed E-state index contributed by atoms with van der Waals surface area (Å²) in [5.74, 6) is 1.19. The van der Waals surface area contributed by atoms with E-state index in [9.17, 15) is 4.79 Å². The van der Waals surface area contributed by atoms with Crippen molar-refractivity contribution < 1.29 is 4.79 Å². The topological polar surface area (TPSA) is 17.1 Å². The molecule has 0 amide bonds. The van der Waals surface area contributed by atoms with Crippen molar-refractivity contribution in [2.45, 2.75) is 87.0 Å². The minimum atomic E-state index is 0.226. The number of carbonyl (C=O) groups is 1. The molecular weight excluding hydrogens is 292 g/mol. The number of ketones is 1. The highest BCUT2D eigenvalue weighted by molar-refractivity contribution is 5.76. The SMILES string of the molecule is C=C\C=C(CCC(C)=O)/C(=C\C)C(/C)=C\C.CCCC(C)CCC. The Morgan fingerprint density at radius 1 is 1.00 bits per heavy atom. The van der Waals surface area contributed by atoms with Crippen molar-refractivity contribution in [3.8, 4) is 0 Å². The van der Waals surface area contributed by atoms with Gasteiger partial charge in [-0.2, -0.15) is 0 Å². The van der Waals surface area contributed by atoms with Crippen LogP contribution in [0.5, 0.6) is 0 Å². The van der Waals surface area contributed by atoms with Crippen molar-refractivity contribution in [1.82, 2.24) is 0 Å². The van der Waals surface area contributed by atoms with Gasteiger partial charge in [0.05, 0.1) is 0 Å². The molecule has 0 aromatic heterocycles. The molecule has 1 nitrogen and oxygen atoms in total. The van der Waals surface area contributed by atoms with Crippen molar-refractivity contribution >= 4 is 5.78 Å². The summed E-state index contributed by atoms with van der Waals surface area (Å²) in [6.45, 7) is 18.3. The maximum absolute atomic E-state index is 11.0. The summed E-state index contributed by atoms with van der Waals surface area (Å²) in [7, 11) is 0. The van der Waals surface area contributed by atoms with Gasteiger partial charge < -0.3 is 4.79 Å². The van der Waals surface area contributed by atoms with Crippen LogP contribution >= 0.6 is 0 Å². The summed E-state index contributed by atoms with van der Waals surface area (Å²) in [5.41, 5.74) is 3.63. The van der Waals surface area contributed by atoms with E-state index in [0.29, 0.717) is 6.42 Å². The van der Waals surface area contributed by atoms with Gasteiger partial charge in [-0.25, -0.2) is 0 Å². The summed E-state index contributed by atoms with van der Waals surface area (Å²) < 4.78 is 0. The van der Waals surface area contributed by atoms with Crippen molar-refractivity contribution in [1.29, 1.82) is 0 Å². The largest absolute Gasteiger partial charge is 0.300 e. The van der Waals surface area contributed by atoms with Gasteiger partial charge >= 0.3 is 0 Å². The standard InChI is InChI=1S/C15H22O.C8H18/c1-6-9-14(11-10-13(5)16)15(8-3)12(4)7-2;1-4-6-8(3)7-5-2/h6-9H,1,10-11H2,2-5H3;8H,4-7H2,1-3H3/b12-7-,14-9-,15-8-;. The van der Waals surface area contributed by atoms with Crippen molar-refractivity contribution in [2.75, 3.05) is 0 Å². The van der Waals surface area contributed by atoms with Crippen molar-refractivity contribution in [2.24, 2.45) is 5.92 Å². The third-order valence-corrected chi connectivity index (χ3v) is 4.12. The molecule has 0 rings (SSSR count). The fourth-order valence-corrected chi connectivity index (χ4v) is 2.71. The molecule has 0 N–H and O–H groups in total. The molecule has 0 aliphatic carbocycles. The molecule has 0 aromatic carbocycles. The van der Waals surface area contributed by atoms with Crippen molar-refractivity contribution in [3.63, 3.8) is 0 Å². The summed E-state index contributed by atoms with van der Waals surface area (Å²) in [6, 6.07) is 0. The predicted molar refractivity (Wildman–Crippen MR) is 110 cm³/mol. The fraction of sp³-hybridized carbons (Fsp3) is 0.609. The zero-order valence-electron chi connectivity index (χ0n) is 17.2. The first-order valence-corrected chi connectivity index (χ1v) is 9.48. The van der Waals surface area contributed by atoms with Gasteiger partial charge in [0.25, 0.3) is 0 Å². The number of hydrogen-bond acceptors (Lipinski definition) is 1. The number of hydrogen-bond donors (Lipinski definition) is 0. The Labute approximate surface area is 151 Å². The Balaban J connectivity index is 0. The molecule has 0 aliphatic rings. The van der Waals surface area contributed by atoms with E-state index in [1.54, 1.807) is 13.0 Å². The first-order valence-electron chi connectivity index (χ1n) is 9.48. The second-order valence-corrected chi connectivity index (χ2v) is 6.49. The van der Waals surface area contributed by atoms with Crippen LogP contribution in [-0.2, 0) is 4.79 Å². The molecule has 0 radical (unpaired) electrons. The van der Waals surface area contributed by atoms with E-state index in [0.717, 1.165) is 12.3 Å². The van der Waals surface area contributed by atoms with Crippen LogP contribution in [0.3, 0.4) is 0 Å². The maximum Gasteiger partial charge on any atom is 0.130 e. The highest BCUT2D eigenvalue weighted by atomic mass is 16.1. The van der Waals surface area contributed by atoms with Crippen LogP contribution in [0.15, 0.2) is 47.6 Å². The van der Waals surface area contributed by atoms with Crippen LogP contribution in [0.2, 0.25) is 0 Å². The van der Waals surface area contributed by atoms with Crippen LogP contribution in [0.1, 0.15) is 87.0 Å². The second kappa shape index (κ2) is 16.5. The highest BCUT2D eigenvalue weighted by Crippen LogP contribution is 2.23. The molecule has 138 valence electrons. The molecule has 0 unspecified atom stereocenters. The Morgan fingerprint density at radius 2 is 1.54 bits per heavy atom. The molecule has 0 aliphatic heterocycles. The van der Waals surface area contributed by atoms with Crippen LogP contribution in [0.25, 0.3) is 0 Å². The number of Topliss-reactive ketones (excluding diaryl/α,β-unsaturated/α-hetero) is 1. The Kier molecular flexibility index (Phi) is 17.1. The first kappa shape index (κ1) is 24.9. The van der Waals surface area contributed by atoms with E-state index in [4.69, 9.17) is 0 Å². The van der Waals surface area contributed by atoms with Crippen molar-refractivity contribution in [3.05, 3.63) is 47.6 Å². The minimum Gasteiger partial charge on any atom is -0.300 e. The Hall–Kier alpha value is -1.37. The van der Waals surface area contributed by atoms with Gasteiger partial charge in [-0.15, -0.1) is 0 Å². The second-order valence-electron chi connectivity index (χ2n) is 6.49. The van der Waals surface area contributed by atoms with Gasteiger partial charge in [-0.05, 0) is 56.8 Å². The molecular formula is C23H40O. The molecule has 0 heterocycles. The molecule has 0 fully saturated rings. The molecule has 1 heteroatoms. The van der Waals surface area contributed by atoms with Crippen LogP contribution in [-0.4, -0.2) is 5.78 Å². The molecule has 0 atom stereocenters. The lowest BCUT2D eigenvalue weighted by atomic mass is 9.94. The number of allylic oxidation sites excluding steroid dienone is 7. The zero-order chi connectivity index (χ0) is 19.0. The van der Waals surface area contributed by atoms with Gasteiger partial charge in [0, 0.05) is 6.42 Å². The monoisotopic (exact) mass is 332 g/mol. The van der Waals surface area contributed by atoms with E-state index in [2.05, 4.69) is 46.4 Å². The van der Waals surface area contributed by atoms with E-state index in [1.807, 2.05) is 19.9 Å². The maximum atomic E-state index is 11.0. The highest BCUT2D eigenvalue weighted by Gasteiger charge is 2.06. The lowest BCUT2D eigenvalue weighted by Gasteiger charge is -2.11. The number of carbonyl (C=O) groups excluding carboxylic acids is 1. The van der Waals surface area contributed by atoms with Gasteiger partial charge in [-0.3, -0.25) is 0 Å². The quantitative estimate of drug-likeness (QED) is 0.376. The summed E-state index contributed by atoms with van der Waals surface area (Å²) >= 11 is 0. The van der Waals surface area contributed by atoms with Crippen LogP contribution < -0.4 is 0 Å². The molecule has 0 spiro atoms. The molecule has 0 saturated carbocycles.